The van der Waals surface area contributed by atoms with Crippen LogP contribution in [-0.4, -0.2) is 40.0 Å². The standard InChI is InChI=1S/C19H23N5/c1-20-18-11-16(15-7-8-21-19(15)23-18)17-6-5-14(12-22-17)13-24-9-3-2-4-10-24/h5-8,11-12H,2-4,9-10,13H2,1H3,(H2,20,21,23). The monoisotopic (exact) mass is 321 g/mol. The van der Waals surface area contributed by atoms with Gasteiger partial charge in [-0.2, -0.15) is 0 Å². The fraction of sp³-hybridized carbons (Fsp3) is 0.368. The van der Waals surface area contributed by atoms with Gasteiger partial charge in [-0.3, -0.25) is 9.88 Å². The van der Waals surface area contributed by atoms with E-state index < -0.39 is 0 Å². The fourth-order valence-electron chi connectivity index (χ4n) is 3.43. The molecule has 4 heterocycles. The summed E-state index contributed by atoms with van der Waals surface area (Å²) >= 11 is 0. The van der Waals surface area contributed by atoms with E-state index in [1.807, 2.05) is 19.4 Å². The molecule has 0 aliphatic carbocycles. The number of aromatic nitrogens is 3. The third kappa shape index (κ3) is 2.99. The molecule has 0 spiro atoms. The van der Waals surface area contributed by atoms with Crippen LogP contribution in [0.1, 0.15) is 24.8 Å². The van der Waals surface area contributed by atoms with Crippen LogP contribution in [0.4, 0.5) is 5.82 Å². The number of fused-ring (bicyclic) bond motifs is 1. The van der Waals surface area contributed by atoms with E-state index in [0.717, 1.165) is 34.7 Å². The molecular weight excluding hydrogens is 298 g/mol. The molecule has 2 N–H and O–H groups in total. The molecule has 0 radical (unpaired) electrons. The fourth-order valence-corrected chi connectivity index (χ4v) is 3.43. The van der Waals surface area contributed by atoms with Crippen molar-refractivity contribution < 1.29 is 0 Å². The summed E-state index contributed by atoms with van der Waals surface area (Å²) in [5.41, 5.74) is 4.26. The molecule has 3 aromatic heterocycles. The third-order valence-corrected chi connectivity index (χ3v) is 4.74. The number of pyridine rings is 2. The Morgan fingerprint density at radius 3 is 2.79 bits per heavy atom. The van der Waals surface area contributed by atoms with Crippen molar-refractivity contribution in [3.63, 3.8) is 0 Å². The number of nitrogens with one attached hydrogen (secondary N) is 2. The molecule has 1 aliphatic rings. The molecule has 5 heteroatoms. The van der Waals surface area contributed by atoms with E-state index in [9.17, 15) is 0 Å². The summed E-state index contributed by atoms with van der Waals surface area (Å²) in [5, 5.41) is 4.22. The van der Waals surface area contributed by atoms with E-state index in [4.69, 9.17) is 4.98 Å². The highest BCUT2D eigenvalue weighted by Crippen LogP contribution is 2.28. The van der Waals surface area contributed by atoms with Crippen LogP contribution < -0.4 is 5.32 Å². The number of hydrogen-bond donors (Lipinski definition) is 2. The number of H-pyrrole nitrogens is 1. The minimum Gasteiger partial charge on any atom is -0.373 e. The second-order valence-corrected chi connectivity index (χ2v) is 6.43. The van der Waals surface area contributed by atoms with Crippen molar-refractivity contribution in [2.45, 2.75) is 25.8 Å². The van der Waals surface area contributed by atoms with Gasteiger partial charge in [-0.15, -0.1) is 0 Å². The largest absolute Gasteiger partial charge is 0.373 e. The topological polar surface area (TPSA) is 56.8 Å². The average Bonchev–Trinajstić information content (AvgIpc) is 3.11. The van der Waals surface area contributed by atoms with Crippen molar-refractivity contribution >= 4 is 16.9 Å². The van der Waals surface area contributed by atoms with Crippen molar-refractivity contribution in [1.82, 2.24) is 19.9 Å². The molecular formula is C19H23N5. The van der Waals surface area contributed by atoms with E-state index in [2.05, 4.69) is 44.5 Å². The zero-order valence-corrected chi connectivity index (χ0v) is 14.0. The van der Waals surface area contributed by atoms with E-state index in [-0.39, 0.29) is 0 Å². The molecule has 124 valence electrons. The Labute approximate surface area is 142 Å². The third-order valence-electron chi connectivity index (χ3n) is 4.74. The first-order valence-corrected chi connectivity index (χ1v) is 8.67. The summed E-state index contributed by atoms with van der Waals surface area (Å²) in [6, 6.07) is 8.44. The van der Waals surface area contributed by atoms with Gasteiger partial charge >= 0.3 is 0 Å². The van der Waals surface area contributed by atoms with Gasteiger partial charge in [0.05, 0.1) is 5.69 Å². The Morgan fingerprint density at radius 2 is 2.04 bits per heavy atom. The Kier molecular flexibility index (Phi) is 4.17. The first-order chi connectivity index (χ1) is 11.8. The number of anilines is 1. The molecule has 24 heavy (non-hydrogen) atoms. The summed E-state index contributed by atoms with van der Waals surface area (Å²) in [6.07, 6.45) is 7.95. The Balaban J connectivity index is 1.61. The zero-order valence-electron chi connectivity index (χ0n) is 14.0. The van der Waals surface area contributed by atoms with Gasteiger partial charge in [0.2, 0.25) is 0 Å². The lowest BCUT2D eigenvalue weighted by molar-refractivity contribution is 0.220. The lowest BCUT2D eigenvalue weighted by Gasteiger charge is -2.26. The number of rotatable bonds is 4. The Morgan fingerprint density at radius 1 is 1.17 bits per heavy atom. The maximum atomic E-state index is 4.72. The van der Waals surface area contributed by atoms with E-state index >= 15 is 0 Å². The maximum absolute atomic E-state index is 4.72. The van der Waals surface area contributed by atoms with Crippen LogP contribution in [0.25, 0.3) is 22.3 Å². The van der Waals surface area contributed by atoms with E-state index in [0.29, 0.717) is 0 Å². The van der Waals surface area contributed by atoms with Gasteiger partial charge in [0.25, 0.3) is 0 Å². The van der Waals surface area contributed by atoms with Gasteiger partial charge in [0, 0.05) is 36.9 Å². The quantitative estimate of drug-likeness (QED) is 0.770. The number of nitrogens with zero attached hydrogens (tertiary/aromatic N) is 3. The molecule has 3 aromatic rings. The van der Waals surface area contributed by atoms with Crippen LogP contribution >= 0.6 is 0 Å². The highest BCUT2D eigenvalue weighted by atomic mass is 15.1. The molecule has 0 atom stereocenters. The summed E-state index contributed by atoms with van der Waals surface area (Å²) in [5.74, 6) is 0.846. The van der Waals surface area contributed by atoms with Crippen molar-refractivity contribution in [2.24, 2.45) is 0 Å². The lowest BCUT2D eigenvalue weighted by atomic mass is 10.1. The first-order valence-electron chi connectivity index (χ1n) is 8.67. The molecule has 0 bridgehead atoms. The van der Waals surface area contributed by atoms with E-state index in [1.54, 1.807) is 0 Å². The highest BCUT2D eigenvalue weighted by Gasteiger charge is 2.12. The highest BCUT2D eigenvalue weighted by molar-refractivity contribution is 5.93. The Hall–Kier alpha value is -2.40. The molecule has 0 unspecified atom stereocenters. The SMILES string of the molecule is CNc1cc(-c2ccc(CN3CCCCC3)cn2)c2cc[nH]c2n1. The normalized spacial score (nSPS) is 15.7. The number of aromatic amines is 1. The van der Waals surface area contributed by atoms with Crippen LogP contribution in [-0.2, 0) is 6.54 Å². The summed E-state index contributed by atoms with van der Waals surface area (Å²) in [7, 11) is 1.88. The average molecular weight is 321 g/mol. The number of piperidine rings is 1. The predicted molar refractivity (Wildman–Crippen MR) is 98.0 cm³/mol. The van der Waals surface area contributed by atoms with Gasteiger partial charge in [0.1, 0.15) is 11.5 Å². The molecule has 1 aliphatic heterocycles. The second-order valence-electron chi connectivity index (χ2n) is 6.43. The minimum absolute atomic E-state index is 0.846. The van der Waals surface area contributed by atoms with Crippen molar-refractivity contribution in [1.29, 1.82) is 0 Å². The van der Waals surface area contributed by atoms with Gasteiger partial charge in [-0.1, -0.05) is 12.5 Å². The predicted octanol–water partition coefficient (Wildman–Crippen LogP) is 3.65. The van der Waals surface area contributed by atoms with Crippen LogP contribution in [0.5, 0.6) is 0 Å². The van der Waals surface area contributed by atoms with Crippen LogP contribution in [0, 0.1) is 0 Å². The smallest absolute Gasteiger partial charge is 0.140 e. The first kappa shape index (κ1) is 15.1. The molecule has 1 saturated heterocycles. The van der Waals surface area contributed by atoms with Gasteiger partial charge in [-0.05, 0) is 49.7 Å². The van der Waals surface area contributed by atoms with Crippen molar-refractivity contribution in [3.8, 4) is 11.3 Å². The van der Waals surface area contributed by atoms with E-state index in [1.165, 1.54) is 37.9 Å². The number of hydrogen-bond acceptors (Lipinski definition) is 4. The molecule has 0 amide bonds. The Bertz CT molecular complexity index is 815. The summed E-state index contributed by atoms with van der Waals surface area (Å²) < 4.78 is 0. The van der Waals surface area contributed by atoms with Crippen LogP contribution in [0.2, 0.25) is 0 Å². The molecule has 0 saturated carbocycles. The second kappa shape index (κ2) is 6.61. The summed E-state index contributed by atoms with van der Waals surface area (Å²) in [6.45, 7) is 3.42. The molecule has 1 fully saturated rings. The molecule has 0 aromatic carbocycles. The van der Waals surface area contributed by atoms with Gasteiger partial charge in [-0.25, -0.2) is 4.98 Å². The van der Waals surface area contributed by atoms with Crippen LogP contribution in [0.15, 0.2) is 36.7 Å². The van der Waals surface area contributed by atoms with Crippen molar-refractivity contribution in [2.75, 3.05) is 25.5 Å². The van der Waals surface area contributed by atoms with Gasteiger partial charge < -0.3 is 10.3 Å². The van der Waals surface area contributed by atoms with Gasteiger partial charge in [0.15, 0.2) is 0 Å². The van der Waals surface area contributed by atoms with Crippen LogP contribution in [0.3, 0.4) is 0 Å². The van der Waals surface area contributed by atoms with Crippen molar-refractivity contribution in [3.05, 3.63) is 42.2 Å². The zero-order chi connectivity index (χ0) is 16.4. The molecule has 4 rings (SSSR count). The lowest BCUT2D eigenvalue weighted by Crippen LogP contribution is -2.29. The summed E-state index contributed by atoms with van der Waals surface area (Å²) in [4.78, 5) is 15.0. The molecule has 5 nitrogen and oxygen atoms in total. The minimum atomic E-state index is 0.846. The maximum Gasteiger partial charge on any atom is 0.140 e. The number of likely N-dealkylation sites (tertiary alicyclic amines) is 1.